The molecule has 0 atom stereocenters. The lowest BCUT2D eigenvalue weighted by atomic mass is 10.0. The third-order valence-electron chi connectivity index (χ3n) is 4.12. The van der Waals surface area contributed by atoms with Gasteiger partial charge in [-0.15, -0.1) is 0 Å². The van der Waals surface area contributed by atoms with Gasteiger partial charge in [-0.3, -0.25) is 9.59 Å². The first-order valence-corrected chi connectivity index (χ1v) is 8.68. The summed E-state index contributed by atoms with van der Waals surface area (Å²) in [5.74, 6) is -0.303. The molecule has 0 aromatic heterocycles. The van der Waals surface area contributed by atoms with Gasteiger partial charge in [0, 0.05) is 5.02 Å². The number of imide groups is 1. The number of allylic oxidation sites excluding steroid dienone is 1. The molecule has 0 saturated carbocycles. The highest BCUT2D eigenvalue weighted by molar-refractivity contribution is 8.19. The van der Waals surface area contributed by atoms with Crippen molar-refractivity contribution in [2.75, 3.05) is 4.90 Å². The zero-order valence-electron chi connectivity index (χ0n) is 13.6. The molecule has 1 saturated heterocycles. The summed E-state index contributed by atoms with van der Waals surface area (Å²) in [4.78, 5) is 26.8. The molecule has 2 amide bonds. The average molecular weight is 358 g/mol. The third kappa shape index (κ3) is 2.99. The minimum absolute atomic E-state index is 0.303. The van der Waals surface area contributed by atoms with Gasteiger partial charge in [0.1, 0.15) is 0 Å². The van der Waals surface area contributed by atoms with Gasteiger partial charge in [0.15, 0.2) is 0 Å². The molecule has 3 rings (SSSR count). The summed E-state index contributed by atoms with van der Waals surface area (Å²) >= 11 is 6.95. The molecule has 2 aromatic rings. The number of aryl methyl sites for hydroxylation is 2. The van der Waals surface area contributed by atoms with Gasteiger partial charge in [-0.2, -0.15) is 0 Å². The summed E-state index contributed by atoms with van der Waals surface area (Å²) in [6.45, 7) is 5.95. The Labute approximate surface area is 150 Å². The van der Waals surface area contributed by atoms with E-state index in [4.69, 9.17) is 11.6 Å². The molecule has 0 aliphatic carbocycles. The molecule has 24 heavy (non-hydrogen) atoms. The first kappa shape index (κ1) is 16.8. The number of halogens is 1. The van der Waals surface area contributed by atoms with Crippen molar-refractivity contribution in [3.05, 3.63) is 69.1 Å². The SMILES string of the molecule is C/C(=C1/SC(=O)N(c2cccc(Cl)c2)C1=O)c1ccc(C)c(C)c1. The number of hydrogen-bond acceptors (Lipinski definition) is 3. The lowest BCUT2D eigenvalue weighted by Crippen LogP contribution is -2.27. The highest BCUT2D eigenvalue weighted by Gasteiger charge is 2.37. The summed E-state index contributed by atoms with van der Waals surface area (Å²) in [6, 6.07) is 12.8. The summed E-state index contributed by atoms with van der Waals surface area (Å²) in [5, 5.41) is 0.182. The second-order valence-corrected chi connectivity index (χ2v) is 7.14. The minimum atomic E-state index is -0.305. The molecule has 5 heteroatoms. The second kappa shape index (κ2) is 6.46. The maximum Gasteiger partial charge on any atom is 0.298 e. The fourth-order valence-electron chi connectivity index (χ4n) is 2.54. The number of carbonyl (C=O) groups is 2. The van der Waals surface area contributed by atoms with Crippen LogP contribution in [0.25, 0.3) is 5.57 Å². The summed E-state index contributed by atoms with van der Waals surface area (Å²) in [5.41, 5.74) is 4.60. The van der Waals surface area contributed by atoms with E-state index in [0.29, 0.717) is 15.6 Å². The Kier molecular flexibility index (Phi) is 4.52. The highest BCUT2D eigenvalue weighted by atomic mass is 35.5. The van der Waals surface area contributed by atoms with Crippen molar-refractivity contribution >= 4 is 45.8 Å². The van der Waals surface area contributed by atoms with Crippen LogP contribution in [0.4, 0.5) is 10.5 Å². The highest BCUT2D eigenvalue weighted by Crippen LogP contribution is 2.39. The van der Waals surface area contributed by atoms with E-state index in [1.54, 1.807) is 24.3 Å². The number of rotatable bonds is 2. The molecule has 1 fully saturated rings. The number of hydrogen-bond donors (Lipinski definition) is 0. The van der Waals surface area contributed by atoms with E-state index < -0.39 is 0 Å². The van der Waals surface area contributed by atoms with E-state index in [0.717, 1.165) is 28.5 Å². The van der Waals surface area contributed by atoms with Crippen molar-refractivity contribution in [2.24, 2.45) is 0 Å². The van der Waals surface area contributed by atoms with Gasteiger partial charge in [-0.05, 0) is 73.0 Å². The van der Waals surface area contributed by atoms with E-state index in [-0.39, 0.29) is 11.1 Å². The number of benzene rings is 2. The predicted molar refractivity (Wildman–Crippen MR) is 100 cm³/mol. The fraction of sp³-hybridized carbons (Fsp3) is 0.158. The third-order valence-corrected chi connectivity index (χ3v) is 5.39. The molecular formula is C19H16ClNO2S. The van der Waals surface area contributed by atoms with Gasteiger partial charge in [0.25, 0.3) is 11.1 Å². The minimum Gasteiger partial charge on any atom is -0.268 e. The smallest absolute Gasteiger partial charge is 0.268 e. The Morgan fingerprint density at radius 3 is 2.46 bits per heavy atom. The zero-order chi connectivity index (χ0) is 17.4. The monoisotopic (exact) mass is 357 g/mol. The molecule has 3 nitrogen and oxygen atoms in total. The lowest BCUT2D eigenvalue weighted by Gasteiger charge is -2.13. The Morgan fingerprint density at radius 1 is 1.04 bits per heavy atom. The van der Waals surface area contributed by atoms with Gasteiger partial charge < -0.3 is 0 Å². The first-order chi connectivity index (χ1) is 11.4. The van der Waals surface area contributed by atoms with Crippen LogP contribution in [0, 0.1) is 13.8 Å². The molecular weight excluding hydrogens is 342 g/mol. The summed E-state index contributed by atoms with van der Waals surface area (Å²) in [7, 11) is 0. The number of anilines is 1. The van der Waals surface area contributed by atoms with Crippen LogP contribution in [0.15, 0.2) is 47.4 Å². The number of nitrogens with zero attached hydrogens (tertiary/aromatic N) is 1. The van der Waals surface area contributed by atoms with Crippen LogP contribution in [0.2, 0.25) is 5.02 Å². The van der Waals surface area contributed by atoms with Crippen LogP contribution >= 0.6 is 23.4 Å². The molecule has 122 valence electrons. The molecule has 0 N–H and O–H groups in total. The van der Waals surface area contributed by atoms with Crippen molar-refractivity contribution in [3.63, 3.8) is 0 Å². The lowest BCUT2D eigenvalue weighted by molar-refractivity contribution is -0.113. The maximum atomic E-state index is 12.8. The predicted octanol–water partition coefficient (Wildman–Crippen LogP) is 5.59. The van der Waals surface area contributed by atoms with Gasteiger partial charge in [0.2, 0.25) is 0 Å². The number of amides is 2. The van der Waals surface area contributed by atoms with Crippen LogP contribution in [-0.2, 0) is 4.79 Å². The second-order valence-electron chi connectivity index (χ2n) is 5.74. The van der Waals surface area contributed by atoms with Crippen molar-refractivity contribution in [2.45, 2.75) is 20.8 Å². The molecule has 0 bridgehead atoms. The Hall–Kier alpha value is -2.04. The van der Waals surface area contributed by atoms with Crippen LogP contribution in [0.1, 0.15) is 23.6 Å². The van der Waals surface area contributed by atoms with E-state index in [1.165, 1.54) is 10.5 Å². The van der Waals surface area contributed by atoms with Crippen molar-refractivity contribution in [3.8, 4) is 0 Å². The van der Waals surface area contributed by atoms with Gasteiger partial charge in [-0.25, -0.2) is 4.90 Å². The normalized spacial score (nSPS) is 16.8. The van der Waals surface area contributed by atoms with E-state index >= 15 is 0 Å². The Balaban J connectivity index is 2.02. The molecule has 2 aromatic carbocycles. The van der Waals surface area contributed by atoms with E-state index in [9.17, 15) is 9.59 Å². The maximum absolute atomic E-state index is 12.8. The van der Waals surface area contributed by atoms with E-state index in [1.807, 2.05) is 39.0 Å². The van der Waals surface area contributed by atoms with E-state index in [2.05, 4.69) is 0 Å². The standard InChI is InChI=1S/C19H16ClNO2S/c1-11-7-8-14(9-12(11)2)13(3)17-18(22)21(19(23)24-17)16-6-4-5-15(20)10-16/h4-10H,1-3H3/b17-13-. The van der Waals surface area contributed by atoms with Crippen molar-refractivity contribution in [1.82, 2.24) is 0 Å². The van der Waals surface area contributed by atoms with Crippen LogP contribution in [0.3, 0.4) is 0 Å². The van der Waals surface area contributed by atoms with Crippen LogP contribution in [0.5, 0.6) is 0 Å². The first-order valence-electron chi connectivity index (χ1n) is 7.49. The molecule has 0 unspecified atom stereocenters. The summed E-state index contributed by atoms with van der Waals surface area (Å²) < 4.78 is 0. The summed E-state index contributed by atoms with van der Waals surface area (Å²) in [6.07, 6.45) is 0. The molecule has 0 radical (unpaired) electrons. The van der Waals surface area contributed by atoms with Crippen LogP contribution < -0.4 is 4.90 Å². The fourth-order valence-corrected chi connectivity index (χ4v) is 3.63. The average Bonchev–Trinajstić information content (AvgIpc) is 2.84. The largest absolute Gasteiger partial charge is 0.298 e. The Bertz CT molecular complexity index is 889. The van der Waals surface area contributed by atoms with Crippen molar-refractivity contribution < 1.29 is 9.59 Å². The zero-order valence-corrected chi connectivity index (χ0v) is 15.2. The molecule has 1 heterocycles. The molecule has 1 aliphatic rings. The number of carbonyl (C=O) groups excluding carboxylic acids is 2. The molecule has 0 spiro atoms. The van der Waals surface area contributed by atoms with Gasteiger partial charge >= 0.3 is 0 Å². The van der Waals surface area contributed by atoms with Crippen molar-refractivity contribution in [1.29, 1.82) is 0 Å². The molecule has 1 aliphatic heterocycles. The van der Waals surface area contributed by atoms with Gasteiger partial charge in [-0.1, -0.05) is 35.9 Å². The van der Waals surface area contributed by atoms with Crippen LogP contribution in [-0.4, -0.2) is 11.1 Å². The quantitative estimate of drug-likeness (QED) is 0.657. The Morgan fingerprint density at radius 2 is 1.79 bits per heavy atom. The number of thioether (sulfide) groups is 1. The topological polar surface area (TPSA) is 37.4 Å². The van der Waals surface area contributed by atoms with Gasteiger partial charge in [0.05, 0.1) is 10.6 Å².